The average molecular weight is 465 g/mol. The summed E-state index contributed by atoms with van der Waals surface area (Å²) in [6.07, 6.45) is 0.768. The monoisotopic (exact) mass is 465 g/mol. The summed E-state index contributed by atoms with van der Waals surface area (Å²) in [7, 11) is -2.25. The second kappa shape index (κ2) is 7.80. The Morgan fingerprint density at radius 2 is 2.06 bits per heavy atom. The molecule has 2 atom stereocenters. The first-order valence-electron chi connectivity index (χ1n) is 9.65. The van der Waals surface area contributed by atoms with Crippen LogP contribution in [0, 0.1) is 11.6 Å². The van der Waals surface area contributed by atoms with Crippen molar-refractivity contribution in [3.05, 3.63) is 59.4 Å². The fourth-order valence-electron chi connectivity index (χ4n) is 4.08. The number of benzene rings is 1. The van der Waals surface area contributed by atoms with Gasteiger partial charge in [-0.25, -0.2) is 23.1 Å². The first-order chi connectivity index (χ1) is 15.0. The first kappa shape index (κ1) is 22.1. The topological polar surface area (TPSA) is 141 Å². The highest BCUT2D eigenvalue weighted by Gasteiger charge is 2.56. The molecule has 2 unspecified atom stereocenters. The van der Waals surface area contributed by atoms with Crippen molar-refractivity contribution < 1.29 is 27.5 Å². The highest BCUT2D eigenvalue weighted by molar-refractivity contribution is 8.23. The molecule has 1 aliphatic heterocycles. The maximum atomic E-state index is 15.1. The molecule has 0 saturated heterocycles. The third-order valence-corrected chi connectivity index (χ3v) is 8.12. The summed E-state index contributed by atoms with van der Waals surface area (Å²) >= 11 is 0. The van der Waals surface area contributed by atoms with Gasteiger partial charge >= 0.3 is 0 Å². The van der Waals surface area contributed by atoms with Crippen LogP contribution in [-0.4, -0.2) is 48.3 Å². The van der Waals surface area contributed by atoms with Gasteiger partial charge < -0.3 is 11.1 Å². The lowest BCUT2D eigenvalue weighted by Gasteiger charge is -2.57. The molecular formula is C20H21F2N5O4S. The van der Waals surface area contributed by atoms with Gasteiger partial charge in [0.2, 0.25) is 5.96 Å². The van der Waals surface area contributed by atoms with Crippen LogP contribution in [0.15, 0.2) is 41.5 Å². The third-order valence-electron chi connectivity index (χ3n) is 5.80. The van der Waals surface area contributed by atoms with E-state index in [1.807, 2.05) is 0 Å². The Morgan fingerprint density at radius 3 is 2.75 bits per heavy atom. The maximum Gasteiger partial charge on any atom is 0.274 e. The third kappa shape index (κ3) is 3.59. The number of carbonyl (C=O) groups is 2. The summed E-state index contributed by atoms with van der Waals surface area (Å²) in [5, 5.41) is 1.44. The van der Waals surface area contributed by atoms with E-state index in [0.717, 1.165) is 22.6 Å². The number of nitrogens with one attached hydrogen (secondary N) is 1. The van der Waals surface area contributed by atoms with Crippen LogP contribution in [0.2, 0.25) is 0 Å². The molecule has 170 valence electrons. The molecule has 1 aromatic carbocycles. The molecule has 2 aliphatic rings. The zero-order valence-electron chi connectivity index (χ0n) is 17.0. The summed E-state index contributed by atoms with van der Waals surface area (Å²) in [6, 6.07) is 6.05. The van der Waals surface area contributed by atoms with Crippen molar-refractivity contribution in [2.24, 2.45) is 10.7 Å². The van der Waals surface area contributed by atoms with Gasteiger partial charge in [0, 0.05) is 31.1 Å². The molecule has 0 spiro atoms. The van der Waals surface area contributed by atoms with Gasteiger partial charge in [0.25, 0.3) is 5.91 Å². The number of carbonyl (C=O) groups excluding carboxylic acids is 2. The molecule has 0 bridgehead atoms. The number of ketones is 1. The number of rotatable bonds is 3. The quantitative estimate of drug-likeness (QED) is 0.546. The standard InChI is InChI=1S/C20H21F2N5O4S/c1-27-19(23)26-20(7-6-13(28)9-17(20)32(27,30)31)14-8-12(3-4-15(14)22)25-18(29)16-5-2-11(21)10-24-16/h2-5,8,10,17,30-31H,6-7,9H2,1H3,(H2,23,26)(H,25,29). The molecule has 1 aliphatic carbocycles. The van der Waals surface area contributed by atoms with E-state index in [1.54, 1.807) is 0 Å². The van der Waals surface area contributed by atoms with Crippen LogP contribution in [0.3, 0.4) is 0 Å². The van der Waals surface area contributed by atoms with E-state index in [-0.39, 0.29) is 48.0 Å². The minimum atomic E-state index is -3.59. The highest BCUT2D eigenvalue weighted by Crippen LogP contribution is 2.62. The number of pyridine rings is 1. The molecule has 1 aromatic heterocycles. The second-order valence-electron chi connectivity index (χ2n) is 7.69. The van der Waals surface area contributed by atoms with E-state index in [2.05, 4.69) is 15.3 Å². The van der Waals surface area contributed by atoms with Gasteiger partial charge in [-0.1, -0.05) is 0 Å². The number of hydrogen-bond acceptors (Lipinski definition) is 8. The van der Waals surface area contributed by atoms with E-state index in [4.69, 9.17) is 5.73 Å². The Balaban J connectivity index is 1.77. The van der Waals surface area contributed by atoms with Crippen LogP contribution in [0.4, 0.5) is 14.5 Å². The number of aromatic nitrogens is 1. The number of fused-ring (bicyclic) bond motifs is 1. The zero-order valence-corrected chi connectivity index (χ0v) is 17.8. The van der Waals surface area contributed by atoms with Crippen LogP contribution in [-0.2, 0) is 10.3 Å². The van der Waals surface area contributed by atoms with Gasteiger partial charge in [-0.15, -0.1) is 10.8 Å². The molecule has 0 radical (unpaired) electrons. The zero-order chi connectivity index (χ0) is 23.3. The normalized spacial score (nSPS) is 25.5. The molecular weight excluding hydrogens is 444 g/mol. The van der Waals surface area contributed by atoms with Gasteiger partial charge in [-0.3, -0.25) is 18.7 Å². The van der Waals surface area contributed by atoms with Crippen molar-refractivity contribution in [2.45, 2.75) is 30.1 Å². The number of anilines is 1. The second-order valence-corrected chi connectivity index (χ2v) is 9.93. The molecule has 12 heteroatoms. The number of aliphatic imine (C=N–C) groups is 1. The van der Waals surface area contributed by atoms with Crippen molar-refractivity contribution in [1.82, 2.24) is 9.29 Å². The summed E-state index contributed by atoms with van der Waals surface area (Å²) in [5.41, 5.74) is 4.56. The van der Waals surface area contributed by atoms with Crippen LogP contribution < -0.4 is 11.1 Å². The van der Waals surface area contributed by atoms with E-state index < -0.39 is 39.1 Å². The summed E-state index contributed by atoms with van der Waals surface area (Å²) in [5.74, 6) is -2.33. The first-order valence-corrected chi connectivity index (χ1v) is 11.2. The van der Waals surface area contributed by atoms with E-state index in [9.17, 15) is 23.1 Å². The molecule has 2 aromatic rings. The molecule has 5 N–H and O–H groups in total. The summed E-state index contributed by atoms with van der Waals surface area (Å²) in [4.78, 5) is 32.7. The Bertz CT molecular complexity index is 1130. The average Bonchev–Trinajstić information content (AvgIpc) is 2.75. The summed E-state index contributed by atoms with van der Waals surface area (Å²) < 4.78 is 50.8. The number of hydrogen-bond donors (Lipinski definition) is 4. The molecule has 2 heterocycles. The highest BCUT2D eigenvalue weighted by atomic mass is 32.3. The van der Waals surface area contributed by atoms with Gasteiger partial charge in [-0.2, -0.15) is 0 Å². The number of amides is 1. The van der Waals surface area contributed by atoms with Crippen LogP contribution in [0.5, 0.6) is 0 Å². The van der Waals surface area contributed by atoms with Crippen molar-refractivity contribution >= 4 is 34.1 Å². The summed E-state index contributed by atoms with van der Waals surface area (Å²) in [6.45, 7) is 0. The largest absolute Gasteiger partial charge is 0.369 e. The van der Waals surface area contributed by atoms with Crippen molar-refractivity contribution in [3.63, 3.8) is 0 Å². The molecule has 1 fully saturated rings. The fraction of sp³-hybridized carbons (Fsp3) is 0.300. The number of Topliss-reactive ketones (excluding diaryl/α,β-unsaturated/α-hetero) is 1. The predicted octanol–water partition coefficient (Wildman–Crippen LogP) is 2.85. The smallest absolute Gasteiger partial charge is 0.274 e. The lowest BCUT2D eigenvalue weighted by molar-refractivity contribution is -0.121. The molecule has 1 amide bonds. The van der Waals surface area contributed by atoms with Crippen LogP contribution in [0.25, 0.3) is 0 Å². The van der Waals surface area contributed by atoms with Crippen molar-refractivity contribution in [2.75, 3.05) is 12.4 Å². The molecule has 1 saturated carbocycles. The Labute approximate surface area is 183 Å². The molecule has 4 rings (SSSR count). The van der Waals surface area contributed by atoms with E-state index in [0.29, 0.717) is 0 Å². The van der Waals surface area contributed by atoms with E-state index >= 15 is 4.39 Å². The van der Waals surface area contributed by atoms with Crippen LogP contribution >= 0.6 is 10.8 Å². The van der Waals surface area contributed by atoms with Crippen LogP contribution in [0.1, 0.15) is 35.3 Å². The number of nitrogens with zero attached hydrogens (tertiary/aromatic N) is 3. The van der Waals surface area contributed by atoms with Gasteiger partial charge in [-0.05, 0) is 36.8 Å². The van der Waals surface area contributed by atoms with E-state index in [1.165, 1.54) is 25.2 Å². The fourth-order valence-corrected chi connectivity index (χ4v) is 6.01. The lowest BCUT2D eigenvalue weighted by Crippen LogP contribution is -2.57. The van der Waals surface area contributed by atoms with Crippen molar-refractivity contribution in [1.29, 1.82) is 0 Å². The van der Waals surface area contributed by atoms with Gasteiger partial charge in [0.1, 0.15) is 33.9 Å². The number of nitrogens with two attached hydrogens (primary N) is 1. The maximum absolute atomic E-state index is 15.1. The Kier molecular flexibility index (Phi) is 5.39. The predicted molar refractivity (Wildman–Crippen MR) is 115 cm³/mol. The van der Waals surface area contributed by atoms with Gasteiger partial charge in [0.15, 0.2) is 0 Å². The minimum absolute atomic E-state index is 0.0177. The number of halogens is 2. The SMILES string of the molecule is CN1C(N)=NC2(c3cc(NC(=O)c4ccc(F)cn4)ccc3F)CCC(=O)CC2S1(O)O. The Morgan fingerprint density at radius 1 is 1.31 bits per heavy atom. The number of guanidine groups is 1. The molecule has 9 nitrogen and oxygen atoms in total. The van der Waals surface area contributed by atoms with Crippen molar-refractivity contribution in [3.8, 4) is 0 Å². The molecule has 32 heavy (non-hydrogen) atoms. The Hall–Kier alpha value is -3.09. The van der Waals surface area contributed by atoms with Gasteiger partial charge in [0.05, 0.1) is 6.20 Å². The lowest BCUT2D eigenvalue weighted by atomic mass is 9.75. The minimum Gasteiger partial charge on any atom is -0.369 e.